The van der Waals surface area contributed by atoms with Gasteiger partial charge >= 0.3 is 0 Å². The topological polar surface area (TPSA) is 50.3 Å². The van der Waals surface area contributed by atoms with Crippen molar-refractivity contribution in [2.45, 2.75) is 11.3 Å². The van der Waals surface area contributed by atoms with Crippen molar-refractivity contribution >= 4 is 33.0 Å². The minimum absolute atomic E-state index is 0.00453. The van der Waals surface area contributed by atoms with Gasteiger partial charge in [-0.3, -0.25) is 9.88 Å². The summed E-state index contributed by atoms with van der Waals surface area (Å²) in [7, 11) is -3.27. The van der Waals surface area contributed by atoms with Crippen LogP contribution in [0.5, 0.6) is 0 Å². The fraction of sp³-hybridized carbons (Fsp3) is 0.261. The lowest BCUT2D eigenvalue weighted by atomic mass is 9.87. The van der Waals surface area contributed by atoms with Crippen LogP contribution in [0.1, 0.15) is 28.0 Å². The first-order chi connectivity index (χ1) is 14.3. The molecular formula is C23H22Cl2N2O2S. The average Bonchev–Trinajstić information content (AvgIpc) is 2.68. The highest BCUT2D eigenvalue weighted by Gasteiger charge is 2.42. The normalized spacial score (nSPS) is 16.4. The van der Waals surface area contributed by atoms with Crippen molar-refractivity contribution in [3.8, 4) is 0 Å². The van der Waals surface area contributed by atoms with E-state index in [-0.39, 0.29) is 12.0 Å². The molecule has 1 aromatic heterocycles. The summed E-state index contributed by atoms with van der Waals surface area (Å²) in [6.07, 6.45) is 4.63. The summed E-state index contributed by atoms with van der Waals surface area (Å²) in [5, 5.41) is 0.811. The van der Waals surface area contributed by atoms with E-state index in [4.69, 9.17) is 23.2 Å². The Labute approximate surface area is 187 Å². The van der Waals surface area contributed by atoms with Crippen LogP contribution in [0, 0.1) is 5.92 Å². The lowest BCUT2D eigenvalue weighted by molar-refractivity contribution is 0.0655. The lowest BCUT2D eigenvalue weighted by Crippen LogP contribution is -2.52. The molecule has 0 bridgehead atoms. The summed E-state index contributed by atoms with van der Waals surface area (Å²) in [4.78, 5) is 6.42. The molecule has 2 heterocycles. The van der Waals surface area contributed by atoms with E-state index in [9.17, 15) is 8.42 Å². The molecule has 1 saturated heterocycles. The van der Waals surface area contributed by atoms with Gasteiger partial charge in [0.25, 0.3) is 0 Å². The van der Waals surface area contributed by atoms with Crippen molar-refractivity contribution in [1.29, 1.82) is 0 Å². The van der Waals surface area contributed by atoms with Crippen LogP contribution in [0.4, 0.5) is 0 Å². The zero-order valence-corrected chi connectivity index (χ0v) is 18.8. The Morgan fingerprint density at radius 1 is 0.900 bits per heavy atom. The molecule has 0 amide bonds. The van der Waals surface area contributed by atoms with Gasteiger partial charge in [0.05, 0.1) is 11.3 Å². The number of benzene rings is 2. The quantitative estimate of drug-likeness (QED) is 0.507. The molecule has 1 unspecified atom stereocenters. The Balaban J connectivity index is 1.62. The molecule has 1 atom stereocenters. The van der Waals surface area contributed by atoms with Gasteiger partial charge in [-0.15, -0.1) is 0 Å². The molecule has 1 aliphatic heterocycles. The summed E-state index contributed by atoms with van der Waals surface area (Å²) >= 11 is 12.2. The van der Waals surface area contributed by atoms with E-state index >= 15 is 0 Å². The van der Waals surface area contributed by atoms with Gasteiger partial charge in [0, 0.05) is 47.7 Å². The van der Waals surface area contributed by atoms with E-state index < -0.39 is 15.1 Å². The molecule has 4 rings (SSSR count). The molecule has 156 valence electrons. The summed E-state index contributed by atoms with van der Waals surface area (Å²) in [5.41, 5.74) is 2.97. The molecule has 3 aromatic rings. The molecule has 30 heavy (non-hydrogen) atoms. The molecule has 7 heteroatoms. The van der Waals surface area contributed by atoms with Gasteiger partial charge in [0.1, 0.15) is 0 Å². The Morgan fingerprint density at radius 2 is 1.43 bits per heavy atom. The molecule has 1 aliphatic rings. The highest BCUT2D eigenvalue weighted by Crippen LogP contribution is 2.41. The SMILES string of the molecule is CS(=O)(=O)C(c1cccnc1)C1CN(C(c2ccc(Cl)cc2)c2ccc(Cl)cc2)C1. The number of aromatic nitrogens is 1. The third-order valence-corrected chi connectivity index (χ3v) is 7.66. The van der Waals surface area contributed by atoms with Crippen LogP contribution >= 0.6 is 23.2 Å². The van der Waals surface area contributed by atoms with Crippen LogP contribution in [-0.2, 0) is 9.84 Å². The third-order valence-electron chi connectivity index (χ3n) is 5.58. The van der Waals surface area contributed by atoms with Crippen molar-refractivity contribution in [2.24, 2.45) is 5.92 Å². The Bertz CT molecular complexity index is 1050. The zero-order valence-electron chi connectivity index (χ0n) is 16.4. The zero-order chi connectivity index (χ0) is 21.3. The van der Waals surface area contributed by atoms with E-state index in [0.29, 0.717) is 23.1 Å². The van der Waals surface area contributed by atoms with Gasteiger partial charge in [-0.1, -0.05) is 53.5 Å². The molecule has 0 radical (unpaired) electrons. The van der Waals surface area contributed by atoms with Gasteiger partial charge in [-0.05, 0) is 47.0 Å². The van der Waals surface area contributed by atoms with Crippen molar-refractivity contribution in [1.82, 2.24) is 9.88 Å². The van der Waals surface area contributed by atoms with Crippen LogP contribution in [0.2, 0.25) is 10.0 Å². The van der Waals surface area contributed by atoms with Crippen LogP contribution in [-0.4, -0.2) is 37.6 Å². The second-order valence-electron chi connectivity index (χ2n) is 7.76. The maximum atomic E-state index is 12.6. The maximum Gasteiger partial charge on any atom is 0.154 e. The predicted octanol–water partition coefficient (Wildman–Crippen LogP) is 5.20. The first-order valence-electron chi connectivity index (χ1n) is 9.66. The minimum atomic E-state index is -3.27. The van der Waals surface area contributed by atoms with Crippen molar-refractivity contribution in [3.05, 3.63) is 99.8 Å². The van der Waals surface area contributed by atoms with E-state index in [0.717, 1.165) is 16.7 Å². The summed E-state index contributed by atoms with van der Waals surface area (Å²) in [6.45, 7) is 1.34. The second kappa shape index (κ2) is 8.67. The maximum absolute atomic E-state index is 12.6. The highest BCUT2D eigenvalue weighted by molar-refractivity contribution is 7.90. The number of pyridine rings is 1. The number of sulfone groups is 1. The van der Waals surface area contributed by atoms with Crippen LogP contribution < -0.4 is 0 Å². The summed E-state index contributed by atoms with van der Waals surface area (Å²) < 4.78 is 25.2. The Morgan fingerprint density at radius 3 is 1.87 bits per heavy atom. The molecule has 4 nitrogen and oxygen atoms in total. The third kappa shape index (κ3) is 4.54. The average molecular weight is 461 g/mol. The van der Waals surface area contributed by atoms with E-state index in [1.165, 1.54) is 6.26 Å². The molecule has 0 spiro atoms. The number of nitrogens with zero attached hydrogens (tertiary/aromatic N) is 2. The Kier molecular flexibility index (Phi) is 6.16. The van der Waals surface area contributed by atoms with Gasteiger partial charge in [-0.25, -0.2) is 8.42 Å². The molecule has 2 aromatic carbocycles. The first kappa shape index (κ1) is 21.3. The van der Waals surface area contributed by atoms with E-state index in [1.807, 2.05) is 54.6 Å². The molecule has 0 N–H and O–H groups in total. The number of rotatable bonds is 6. The molecule has 0 aliphatic carbocycles. The smallest absolute Gasteiger partial charge is 0.154 e. The monoisotopic (exact) mass is 460 g/mol. The van der Waals surface area contributed by atoms with Crippen molar-refractivity contribution in [3.63, 3.8) is 0 Å². The van der Waals surface area contributed by atoms with Gasteiger partial charge in [0.15, 0.2) is 9.84 Å². The number of likely N-dealkylation sites (tertiary alicyclic amines) is 1. The summed E-state index contributed by atoms with van der Waals surface area (Å²) in [5.74, 6) is 0.00583. The van der Waals surface area contributed by atoms with Gasteiger partial charge in [-0.2, -0.15) is 0 Å². The first-order valence-corrected chi connectivity index (χ1v) is 12.4. The predicted molar refractivity (Wildman–Crippen MR) is 122 cm³/mol. The number of hydrogen-bond donors (Lipinski definition) is 0. The molecule has 1 fully saturated rings. The number of hydrogen-bond acceptors (Lipinski definition) is 4. The van der Waals surface area contributed by atoms with Gasteiger partial charge < -0.3 is 0 Å². The molecule has 0 saturated carbocycles. The lowest BCUT2D eigenvalue weighted by Gasteiger charge is -2.47. The standard InChI is InChI=1S/C23H22Cl2N2O2S/c1-30(28,29)23(18-3-2-12-26-13-18)19-14-27(15-19)22(16-4-8-20(24)9-5-16)17-6-10-21(25)11-7-17/h2-13,19,22-23H,14-15H2,1H3. The van der Waals surface area contributed by atoms with E-state index in [1.54, 1.807) is 18.5 Å². The van der Waals surface area contributed by atoms with Crippen LogP contribution in [0.15, 0.2) is 73.1 Å². The highest BCUT2D eigenvalue weighted by atomic mass is 35.5. The van der Waals surface area contributed by atoms with Crippen molar-refractivity contribution < 1.29 is 8.42 Å². The number of halogens is 2. The van der Waals surface area contributed by atoms with E-state index in [2.05, 4.69) is 9.88 Å². The largest absolute Gasteiger partial charge is 0.292 e. The Hall–Kier alpha value is -1.92. The van der Waals surface area contributed by atoms with Gasteiger partial charge in [0.2, 0.25) is 0 Å². The van der Waals surface area contributed by atoms with Crippen LogP contribution in [0.25, 0.3) is 0 Å². The minimum Gasteiger partial charge on any atom is -0.292 e. The second-order valence-corrected chi connectivity index (χ2v) is 10.8. The summed E-state index contributed by atoms with van der Waals surface area (Å²) in [6, 6.07) is 19.2. The van der Waals surface area contributed by atoms with Crippen LogP contribution in [0.3, 0.4) is 0 Å². The fourth-order valence-corrected chi connectivity index (χ4v) is 6.03. The molecular weight excluding hydrogens is 439 g/mol. The fourth-order valence-electron chi connectivity index (χ4n) is 4.27. The van der Waals surface area contributed by atoms with Crippen molar-refractivity contribution in [2.75, 3.05) is 19.3 Å².